The van der Waals surface area contributed by atoms with Crippen LogP contribution in [0.15, 0.2) is 53.7 Å². The molecule has 0 aliphatic heterocycles. The maximum absolute atomic E-state index is 6.05. The molecule has 0 saturated carbocycles. The van der Waals surface area contributed by atoms with Crippen molar-refractivity contribution >= 4 is 5.71 Å². The third-order valence-corrected chi connectivity index (χ3v) is 5.27. The minimum absolute atomic E-state index is 0.589. The lowest BCUT2D eigenvalue weighted by Crippen LogP contribution is -2.03. The van der Waals surface area contributed by atoms with Gasteiger partial charge in [-0.05, 0) is 101 Å². The van der Waals surface area contributed by atoms with Crippen molar-refractivity contribution in [2.45, 2.75) is 59.8 Å². The van der Waals surface area contributed by atoms with E-state index in [0.717, 1.165) is 72.8 Å². The molecule has 0 aliphatic carbocycles. The van der Waals surface area contributed by atoms with Crippen LogP contribution in [-0.4, -0.2) is 32.6 Å². The van der Waals surface area contributed by atoms with Crippen molar-refractivity contribution < 1.29 is 19.0 Å². The molecule has 0 heterocycles. The Bertz CT molecular complexity index is 864. The second-order valence-corrected chi connectivity index (χ2v) is 8.18. The number of oxime groups is 1. The van der Waals surface area contributed by atoms with Crippen LogP contribution in [0.1, 0.15) is 56.2 Å². The van der Waals surface area contributed by atoms with E-state index in [4.69, 9.17) is 19.0 Å². The molecule has 0 amide bonds. The van der Waals surface area contributed by atoms with E-state index in [1.54, 1.807) is 7.11 Å². The first-order chi connectivity index (χ1) is 16.0. The van der Waals surface area contributed by atoms with Gasteiger partial charge in [0.1, 0.15) is 31.0 Å². The van der Waals surface area contributed by atoms with Crippen molar-refractivity contribution in [1.82, 2.24) is 0 Å². The first-order valence-electron chi connectivity index (χ1n) is 11.8. The summed E-state index contributed by atoms with van der Waals surface area (Å²) in [5, 5.41) is 3.95. The third-order valence-electron chi connectivity index (χ3n) is 5.27. The number of ether oxygens (including phenoxy) is 3. The average Bonchev–Trinajstić information content (AvgIpc) is 2.79. The van der Waals surface area contributed by atoms with Crippen LogP contribution in [0.25, 0.3) is 0 Å². The van der Waals surface area contributed by atoms with Gasteiger partial charge < -0.3 is 19.0 Å². The van der Waals surface area contributed by atoms with E-state index in [1.165, 1.54) is 5.56 Å². The van der Waals surface area contributed by atoms with Crippen molar-refractivity contribution in [3.05, 3.63) is 65.2 Å². The third kappa shape index (κ3) is 10.0. The fourth-order valence-corrected chi connectivity index (χ4v) is 3.49. The number of allylic oxidation sites excluding steroid dienone is 1. The maximum Gasteiger partial charge on any atom is 0.125 e. The monoisotopic (exact) mass is 453 g/mol. The summed E-state index contributed by atoms with van der Waals surface area (Å²) in [6, 6.07) is 12.4. The van der Waals surface area contributed by atoms with Gasteiger partial charge in [-0.3, -0.25) is 0 Å². The minimum atomic E-state index is 0.589. The van der Waals surface area contributed by atoms with Gasteiger partial charge in [0.05, 0.1) is 18.9 Å². The van der Waals surface area contributed by atoms with E-state index in [-0.39, 0.29) is 0 Å². The molecule has 5 nitrogen and oxygen atoms in total. The van der Waals surface area contributed by atoms with Crippen molar-refractivity contribution in [2.75, 3.05) is 26.9 Å². The Morgan fingerprint density at radius 3 is 2.18 bits per heavy atom. The number of hydrogen-bond donors (Lipinski definition) is 0. The first-order valence-corrected chi connectivity index (χ1v) is 11.8. The lowest BCUT2D eigenvalue weighted by molar-refractivity contribution is 0.212. The SMILES string of the molecule is C/C=C/COc1cc(C)c(OCCCCCOc2ccc(CCC(C)=NOC)cc2)c(C)c1. The zero-order valence-corrected chi connectivity index (χ0v) is 20.9. The molecule has 2 aromatic carbocycles. The van der Waals surface area contributed by atoms with E-state index in [2.05, 4.69) is 31.1 Å². The standard InChI is InChI=1S/C28H39NO4/c1-6-7-17-32-27-20-22(2)28(23(3)21-27)33-19-10-8-9-18-31-26-15-13-25(14-16-26)12-11-24(4)29-30-5/h6-7,13-16,20-21H,8-12,17-19H2,1-5H3/b7-6+,29-24?. The highest BCUT2D eigenvalue weighted by Crippen LogP contribution is 2.28. The molecule has 0 aromatic heterocycles. The Labute approximate surface area is 199 Å². The highest BCUT2D eigenvalue weighted by molar-refractivity contribution is 5.81. The molecule has 5 heteroatoms. The number of aryl methyl sites for hydroxylation is 3. The van der Waals surface area contributed by atoms with Gasteiger partial charge in [0, 0.05) is 0 Å². The van der Waals surface area contributed by atoms with Crippen molar-refractivity contribution in [2.24, 2.45) is 5.16 Å². The Morgan fingerprint density at radius 1 is 0.879 bits per heavy atom. The predicted molar refractivity (Wildman–Crippen MR) is 136 cm³/mol. The Hall–Kier alpha value is -2.95. The molecule has 2 aromatic rings. The molecule has 33 heavy (non-hydrogen) atoms. The largest absolute Gasteiger partial charge is 0.494 e. The van der Waals surface area contributed by atoms with Crippen LogP contribution in [-0.2, 0) is 11.3 Å². The minimum Gasteiger partial charge on any atom is -0.494 e. The van der Waals surface area contributed by atoms with Crippen molar-refractivity contribution in [1.29, 1.82) is 0 Å². The molecule has 0 N–H and O–H groups in total. The Balaban J connectivity index is 1.63. The molecule has 0 aliphatic rings. The van der Waals surface area contributed by atoms with Crippen LogP contribution in [0, 0.1) is 13.8 Å². The van der Waals surface area contributed by atoms with Gasteiger partial charge in [0.15, 0.2) is 0 Å². The molecule has 0 atom stereocenters. The number of nitrogens with zero attached hydrogens (tertiary/aromatic N) is 1. The molecule has 180 valence electrons. The van der Waals surface area contributed by atoms with E-state index < -0.39 is 0 Å². The lowest BCUT2D eigenvalue weighted by Gasteiger charge is -2.14. The fourth-order valence-electron chi connectivity index (χ4n) is 3.49. The molecule has 0 radical (unpaired) electrons. The molecule has 0 fully saturated rings. The summed E-state index contributed by atoms with van der Waals surface area (Å²) in [5.41, 5.74) is 4.49. The zero-order chi connectivity index (χ0) is 23.9. The van der Waals surface area contributed by atoms with E-state index in [1.807, 2.05) is 50.3 Å². The molecule has 0 saturated heterocycles. The van der Waals surface area contributed by atoms with Gasteiger partial charge in [-0.2, -0.15) is 0 Å². The van der Waals surface area contributed by atoms with Gasteiger partial charge in [-0.25, -0.2) is 0 Å². The smallest absolute Gasteiger partial charge is 0.125 e. The van der Waals surface area contributed by atoms with Gasteiger partial charge >= 0.3 is 0 Å². The Kier molecular flexibility index (Phi) is 11.9. The molecule has 0 spiro atoms. The molecule has 0 bridgehead atoms. The van der Waals surface area contributed by atoms with Crippen molar-refractivity contribution in [3.8, 4) is 17.2 Å². The van der Waals surface area contributed by atoms with Crippen LogP contribution in [0.3, 0.4) is 0 Å². The van der Waals surface area contributed by atoms with E-state index in [9.17, 15) is 0 Å². The van der Waals surface area contributed by atoms with Gasteiger partial charge in [-0.1, -0.05) is 29.4 Å². The second kappa shape index (κ2) is 15.0. The summed E-state index contributed by atoms with van der Waals surface area (Å²) in [4.78, 5) is 4.80. The lowest BCUT2D eigenvalue weighted by atomic mass is 10.1. The summed E-state index contributed by atoms with van der Waals surface area (Å²) in [6.07, 6.45) is 8.90. The summed E-state index contributed by atoms with van der Waals surface area (Å²) in [5.74, 6) is 2.77. The van der Waals surface area contributed by atoms with E-state index in [0.29, 0.717) is 13.2 Å². The number of hydrogen-bond acceptors (Lipinski definition) is 5. The van der Waals surface area contributed by atoms with Crippen molar-refractivity contribution in [3.63, 3.8) is 0 Å². The molecular weight excluding hydrogens is 414 g/mol. The van der Waals surface area contributed by atoms with Gasteiger partial charge in [-0.15, -0.1) is 0 Å². The average molecular weight is 454 g/mol. The normalized spacial score (nSPS) is 11.6. The highest BCUT2D eigenvalue weighted by atomic mass is 16.6. The number of rotatable bonds is 15. The summed E-state index contributed by atoms with van der Waals surface area (Å²) < 4.78 is 17.7. The van der Waals surface area contributed by atoms with Crippen LogP contribution in [0.2, 0.25) is 0 Å². The van der Waals surface area contributed by atoms with Gasteiger partial charge in [0.25, 0.3) is 0 Å². The van der Waals surface area contributed by atoms with Gasteiger partial charge in [0.2, 0.25) is 0 Å². The maximum atomic E-state index is 6.05. The molecule has 0 unspecified atom stereocenters. The summed E-state index contributed by atoms with van der Waals surface area (Å²) in [6.45, 7) is 10.1. The van der Waals surface area contributed by atoms with Crippen LogP contribution in [0.5, 0.6) is 17.2 Å². The molecule has 2 rings (SSSR count). The second-order valence-electron chi connectivity index (χ2n) is 8.18. The predicted octanol–water partition coefficient (Wildman–Crippen LogP) is 6.84. The zero-order valence-electron chi connectivity index (χ0n) is 20.9. The fraction of sp³-hybridized carbons (Fsp3) is 0.464. The summed E-state index contributed by atoms with van der Waals surface area (Å²) in [7, 11) is 1.58. The summed E-state index contributed by atoms with van der Waals surface area (Å²) >= 11 is 0. The highest BCUT2D eigenvalue weighted by Gasteiger charge is 2.07. The topological polar surface area (TPSA) is 49.3 Å². The quantitative estimate of drug-likeness (QED) is 0.128. The first kappa shape index (κ1) is 26.3. The van der Waals surface area contributed by atoms with E-state index >= 15 is 0 Å². The van der Waals surface area contributed by atoms with Crippen LogP contribution >= 0.6 is 0 Å². The van der Waals surface area contributed by atoms with Crippen LogP contribution < -0.4 is 14.2 Å². The Morgan fingerprint density at radius 2 is 1.55 bits per heavy atom. The number of unbranched alkanes of at least 4 members (excludes halogenated alkanes) is 2. The van der Waals surface area contributed by atoms with Crippen LogP contribution in [0.4, 0.5) is 0 Å². The molecular formula is C28H39NO4. The number of benzene rings is 2.